The first-order valence-corrected chi connectivity index (χ1v) is 8.70. The lowest BCUT2D eigenvalue weighted by Crippen LogP contribution is -2.28. The first-order chi connectivity index (χ1) is 12.7. The number of pyridine rings is 1. The Balaban J connectivity index is 1.46. The monoisotopic (exact) mass is 348 g/mol. The highest BCUT2D eigenvalue weighted by Gasteiger charge is 2.25. The summed E-state index contributed by atoms with van der Waals surface area (Å²) in [6.07, 6.45) is 4.60. The van der Waals surface area contributed by atoms with Crippen molar-refractivity contribution in [2.24, 2.45) is 5.92 Å². The van der Waals surface area contributed by atoms with E-state index in [-0.39, 0.29) is 11.8 Å². The van der Waals surface area contributed by atoms with Gasteiger partial charge in [-0.05, 0) is 42.7 Å². The van der Waals surface area contributed by atoms with Crippen LogP contribution in [0.25, 0.3) is 11.0 Å². The summed E-state index contributed by atoms with van der Waals surface area (Å²) < 4.78 is 0. The molecule has 0 saturated heterocycles. The van der Waals surface area contributed by atoms with Crippen molar-refractivity contribution in [1.82, 2.24) is 15.0 Å². The molecule has 2 aromatic heterocycles. The van der Waals surface area contributed by atoms with Gasteiger partial charge in [-0.3, -0.25) is 4.79 Å². The molecular weight excluding hydrogens is 328 g/mol. The molecule has 1 amide bonds. The van der Waals surface area contributed by atoms with E-state index in [2.05, 4.69) is 25.6 Å². The third kappa shape index (κ3) is 3.42. The Morgan fingerprint density at radius 2 is 2.08 bits per heavy atom. The summed E-state index contributed by atoms with van der Waals surface area (Å²) in [6, 6.07) is 11.4. The Morgan fingerprint density at radius 1 is 1.19 bits per heavy atom. The predicted molar refractivity (Wildman–Crippen MR) is 101 cm³/mol. The van der Waals surface area contributed by atoms with E-state index < -0.39 is 0 Å². The van der Waals surface area contributed by atoms with Gasteiger partial charge in [0.15, 0.2) is 5.65 Å². The van der Waals surface area contributed by atoms with Crippen LogP contribution in [0.1, 0.15) is 24.8 Å². The molecule has 0 radical (unpaired) electrons. The zero-order chi connectivity index (χ0) is 17.9. The summed E-state index contributed by atoms with van der Waals surface area (Å²) in [6.45, 7) is 0.573. The Bertz CT molecular complexity index is 954. The van der Waals surface area contributed by atoms with Gasteiger partial charge in [0.1, 0.15) is 18.0 Å². The van der Waals surface area contributed by atoms with Gasteiger partial charge in [-0.15, -0.1) is 0 Å². The minimum absolute atomic E-state index is 0.117. The van der Waals surface area contributed by atoms with E-state index in [4.69, 9.17) is 5.73 Å². The van der Waals surface area contributed by atoms with Crippen molar-refractivity contribution in [3.05, 3.63) is 48.3 Å². The van der Waals surface area contributed by atoms with Gasteiger partial charge in [0.25, 0.3) is 0 Å². The van der Waals surface area contributed by atoms with Crippen LogP contribution in [0, 0.1) is 5.92 Å². The molecule has 0 spiro atoms. The van der Waals surface area contributed by atoms with Gasteiger partial charge in [-0.2, -0.15) is 0 Å². The fraction of sp³-hybridized carbons (Fsp3) is 0.263. The smallest absolute Gasteiger partial charge is 0.227 e. The summed E-state index contributed by atoms with van der Waals surface area (Å²) in [5.74, 6) is 1.42. The van der Waals surface area contributed by atoms with Crippen LogP contribution in [-0.4, -0.2) is 20.9 Å². The summed E-state index contributed by atoms with van der Waals surface area (Å²) in [5, 5.41) is 7.12. The van der Waals surface area contributed by atoms with Crippen LogP contribution in [0.5, 0.6) is 0 Å². The molecule has 0 bridgehead atoms. The fourth-order valence-electron chi connectivity index (χ4n) is 2.96. The average Bonchev–Trinajstić information content (AvgIpc) is 2.58. The van der Waals surface area contributed by atoms with Gasteiger partial charge >= 0.3 is 0 Å². The number of nitrogen functional groups attached to an aromatic ring is 1. The third-order valence-electron chi connectivity index (χ3n) is 4.65. The molecule has 0 unspecified atom stereocenters. The van der Waals surface area contributed by atoms with Crippen LogP contribution in [0.15, 0.2) is 42.7 Å². The van der Waals surface area contributed by atoms with Crippen molar-refractivity contribution in [3.8, 4) is 0 Å². The second-order valence-electron chi connectivity index (χ2n) is 6.50. The number of amides is 1. The highest BCUT2D eigenvalue weighted by atomic mass is 16.1. The number of carbonyl (C=O) groups is 1. The Morgan fingerprint density at radius 3 is 2.88 bits per heavy atom. The van der Waals surface area contributed by atoms with Crippen LogP contribution >= 0.6 is 0 Å². The number of benzene rings is 1. The molecule has 1 aliphatic rings. The van der Waals surface area contributed by atoms with Crippen LogP contribution in [0.4, 0.5) is 17.3 Å². The minimum atomic E-state index is 0.117. The lowest BCUT2D eigenvalue weighted by atomic mass is 9.85. The van der Waals surface area contributed by atoms with Crippen molar-refractivity contribution in [2.75, 3.05) is 16.4 Å². The van der Waals surface area contributed by atoms with Gasteiger partial charge in [-0.1, -0.05) is 18.6 Å². The number of nitrogens with two attached hydrogens (primary N) is 1. The first-order valence-electron chi connectivity index (χ1n) is 8.70. The number of hydrogen-bond acceptors (Lipinski definition) is 6. The average molecular weight is 348 g/mol. The van der Waals surface area contributed by atoms with E-state index in [0.29, 0.717) is 23.8 Å². The molecule has 1 fully saturated rings. The second-order valence-corrected chi connectivity index (χ2v) is 6.50. The SMILES string of the molecule is Nc1ccc2c(NCc3cccc(NC(=O)C4CCC4)c3)ncnc2n1. The number of anilines is 3. The third-order valence-corrected chi connectivity index (χ3v) is 4.65. The molecule has 3 aromatic rings. The predicted octanol–water partition coefficient (Wildman–Crippen LogP) is 2.96. The lowest BCUT2D eigenvalue weighted by Gasteiger charge is -2.24. The topological polar surface area (TPSA) is 106 Å². The van der Waals surface area contributed by atoms with Crippen molar-refractivity contribution < 1.29 is 4.79 Å². The maximum absolute atomic E-state index is 12.1. The molecule has 0 atom stereocenters. The maximum Gasteiger partial charge on any atom is 0.227 e. The molecule has 132 valence electrons. The van der Waals surface area contributed by atoms with E-state index in [1.54, 1.807) is 6.07 Å². The molecule has 1 aromatic carbocycles. The molecule has 2 heterocycles. The zero-order valence-corrected chi connectivity index (χ0v) is 14.3. The normalized spacial score (nSPS) is 14.0. The van der Waals surface area contributed by atoms with Crippen LogP contribution in [0.3, 0.4) is 0 Å². The summed E-state index contributed by atoms with van der Waals surface area (Å²) in [5.41, 5.74) is 8.13. The van der Waals surface area contributed by atoms with Gasteiger partial charge < -0.3 is 16.4 Å². The van der Waals surface area contributed by atoms with Gasteiger partial charge in [0.05, 0.1) is 5.39 Å². The molecule has 1 saturated carbocycles. The lowest BCUT2D eigenvalue weighted by molar-refractivity contribution is -0.122. The van der Waals surface area contributed by atoms with E-state index in [1.807, 2.05) is 30.3 Å². The van der Waals surface area contributed by atoms with Crippen molar-refractivity contribution >= 4 is 34.3 Å². The quantitative estimate of drug-likeness (QED) is 0.654. The van der Waals surface area contributed by atoms with E-state index in [9.17, 15) is 4.79 Å². The number of aromatic nitrogens is 3. The molecule has 7 heteroatoms. The molecule has 4 N–H and O–H groups in total. The first kappa shape index (κ1) is 16.3. The zero-order valence-electron chi connectivity index (χ0n) is 14.3. The summed E-state index contributed by atoms with van der Waals surface area (Å²) >= 11 is 0. The number of nitrogens with zero attached hydrogens (tertiary/aromatic N) is 3. The number of fused-ring (bicyclic) bond motifs is 1. The molecule has 1 aliphatic carbocycles. The fourth-order valence-corrected chi connectivity index (χ4v) is 2.96. The molecule has 7 nitrogen and oxygen atoms in total. The second kappa shape index (κ2) is 6.95. The summed E-state index contributed by atoms with van der Waals surface area (Å²) in [7, 11) is 0. The van der Waals surface area contributed by atoms with Crippen molar-refractivity contribution in [3.63, 3.8) is 0 Å². The van der Waals surface area contributed by atoms with Gasteiger partial charge in [-0.25, -0.2) is 15.0 Å². The van der Waals surface area contributed by atoms with Crippen LogP contribution in [-0.2, 0) is 11.3 Å². The number of rotatable bonds is 5. The summed E-state index contributed by atoms with van der Waals surface area (Å²) in [4.78, 5) is 24.7. The minimum Gasteiger partial charge on any atom is -0.384 e. The van der Waals surface area contributed by atoms with Gasteiger partial charge in [0.2, 0.25) is 5.91 Å². The van der Waals surface area contributed by atoms with E-state index in [0.717, 1.165) is 35.9 Å². The van der Waals surface area contributed by atoms with E-state index in [1.165, 1.54) is 6.33 Å². The Labute approximate surface area is 151 Å². The largest absolute Gasteiger partial charge is 0.384 e. The van der Waals surface area contributed by atoms with Gasteiger partial charge in [0, 0.05) is 18.2 Å². The molecule has 0 aliphatic heterocycles. The maximum atomic E-state index is 12.1. The van der Waals surface area contributed by atoms with Crippen molar-refractivity contribution in [2.45, 2.75) is 25.8 Å². The standard InChI is InChI=1S/C19H20N6O/c20-16-8-7-15-17(22-11-23-18(15)25-16)21-10-12-3-1-6-14(9-12)24-19(26)13-4-2-5-13/h1,3,6-9,11,13H,2,4-5,10H2,(H,24,26)(H3,20,21,22,23,25). The van der Waals surface area contributed by atoms with Crippen LogP contribution in [0.2, 0.25) is 0 Å². The Kier molecular flexibility index (Phi) is 4.35. The number of carbonyl (C=O) groups excluding carboxylic acids is 1. The number of nitrogens with one attached hydrogen (secondary N) is 2. The van der Waals surface area contributed by atoms with Crippen LogP contribution < -0.4 is 16.4 Å². The molecule has 4 rings (SSSR count). The molecular formula is C19H20N6O. The Hall–Kier alpha value is -3.22. The number of hydrogen-bond donors (Lipinski definition) is 3. The highest BCUT2D eigenvalue weighted by Crippen LogP contribution is 2.27. The van der Waals surface area contributed by atoms with Crippen molar-refractivity contribution in [1.29, 1.82) is 0 Å². The molecule has 26 heavy (non-hydrogen) atoms. The van der Waals surface area contributed by atoms with E-state index >= 15 is 0 Å². The highest BCUT2D eigenvalue weighted by molar-refractivity contribution is 5.93.